The normalized spacial score (nSPS) is 11.8. The Morgan fingerprint density at radius 2 is 2.00 bits per heavy atom. The van der Waals surface area contributed by atoms with Crippen molar-refractivity contribution in [1.29, 1.82) is 0 Å². The maximum absolute atomic E-state index is 10.1. The van der Waals surface area contributed by atoms with E-state index >= 15 is 0 Å². The summed E-state index contributed by atoms with van der Waals surface area (Å²) in [5, 5.41) is 2.70. The molecule has 0 bridgehead atoms. The van der Waals surface area contributed by atoms with Crippen molar-refractivity contribution in [1.82, 2.24) is 4.98 Å². The fourth-order valence-corrected chi connectivity index (χ4v) is 2.01. The van der Waals surface area contributed by atoms with Crippen LogP contribution in [0.2, 0.25) is 0 Å². The van der Waals surface area contributed by atoms with Gasteiger partial charge in [0, 0.05) is 11.8 Å². The summed E-state index contributed by atoms with van der Waals surface area (Å²) in [6.45, 7) is 1.96. The van der Waals surface area contributed by atoms with Crippen molar-refractivity contribution in [2.24, 2.45) is 5.18 Å². The first-order valence-corrected chi connectivity index (χ1v) is 6.23. The molecule has 2 rings (SSSR count). The van der Waals surface area contributed by atoms with Crippen LogP contribution in [0.15, 0.2) is 60.0 Å². The zero-order valence-electron chi connectivity index (χ0n) is 11.2. The minimum atomic E-state index is 0.509. The van der Waals surface area contributed by atoms with Gasteiger partial charge in [-0.2, -0.15) is 0 Å². The molecule has 100 valence electrons. The first kappa shape index (κ1) is 13.7. The van der Waals surface area contributed by atoms with Crippen LogP contribution in [0.25, 0.3) is 11.6 Å². The topological polar surface area (TPSA) is 68.3 Å². The third-order valence-electron chi connectivity index (χ3n) is 2.97. The van der Waals surface area contributed by atoms with Gasteiger partial charge in [0.15, 0.2) is 0 Å². The Labute approximate surface area is 117 Å². The number of hydrogen-bond donors (Lipinski definition) is 1. The predicted octanol–water partition coefficient (Wildman–Crippen LogP) is 3.85. The summed E-state index contributed by atoms with van der Waals surface area (Å²) in [5.74, 6) is 0.509. The van der Waals surface area contributed by atoms with E-state index < -0.39 is 0 Å². The van der Waals surface area contributed by atoms with Crippen molar-refractivity contribution in [3.05, 3.63) is 76.5 Å². The number of pyridine rings is 1. The molecule has 0 aliphatic carbocycles. The lowest BCUT2D eigenvalue weighted by atomic mass is 9.97. The second-order valence-corrected chi connectivity index (χ2v) is 4.18. The summed E-state index contributed by atoms with van der Waals surface area (Å²) in [6, 6.07) is 11.6. The zero-order valence-corrected chi connectivity index (χ0v) is 11.2. The fraction of sp³-hybridized carbons (Fsp3) is 0.0625. The van der Waals surface area contributed by atoms with Gasteiger partial charge in [-0.1, -0.05) is 30.3 Å². The van der Waals surface area contributed by atoms with Crippen molar-refractivity contribution in [2.45, 2.75) is 6.92 Å². The van der Waals surface area contributed by atoms with Gasteiger partial charge < -0.3 is 5.73 Å². The molecule has 0 atom stereocenters. The largest absolute Gasteiger partial charge is 0.383 e. The van der Waals surface area contributed by atoms with E-state index in [4.69, 9.17) is 5.73 Å². The quantitative estimate of drug-likeness (QED) is 0.853. The minimum absolute atomic E-state index is 0.509. The highest BCUT2D eigenvalue weighted by molar-refractivity contribution is 5.84. The molecule has 0 spiro atoms. The molecular weight excluding hydrogens is 250 g/mol. The smallest absolute Gasteiger partial charge is 0.131 e. The molecule has 4 nitrogen and oxygen atoms in total. The first-order valence-electron chi connectivity index (χ1n) is 6.23. The van der Waals surface area contributed by atoms with E-state index in [2.05, 4.69) is 10.2 Å². The van der Waals surface area contributed by atoms with Gasteiger partial charge in [0.2, 0.25) is 0 Å². The van der Waals surface area contributed by atoms with E-state index in [9.17, 15) is 4.91 Å². The Kier molecular flexibility index (Phi) is 4.39. The summed E-state index contributed by atoms with van der Waals surface area (Å²) in [7, 11) is 0. The molecule has 0 amide bonds. The molecule has 0 saturated heterocycles. The Balaban J connectivity index is 2.36. The van der Waals surface area contributed by atoms with Gasteiger partial charge in [0.1, 0.15) is 5.82 Å². The van der Waals surface area contributed by atoms with Crippen LogP contribution in [0.1, 0.15) is 23.6 Å². The summed E-state index contributed by atoms with van der Waals surface area (Å²) < 4.78 is 0. The molecule has 0 unspecified atom stereocenters. The molecule has 0 radical (unpaired) electrons. The van der Waals surface area contributed by atoms with Crippen LogP contribution in [-0.4, -0.2) is 4.98 Å². The predicted molar refractivity (Wildman–Crippen MR) is 82.7 cm³/mol. The van der Waals surface area contributed by atoms with Crippen molar-refractivity contribution < 1.29 is 0 Å². The van der Waals surface area contributed by atoms with Crippen LogP contribution in [0.5, 0.6) is 0 Å². The highest BCUT2D eigenvalue weighted by Gasteiger charge is 2.07. The van der Waals surface area contributed by atoms with Crippen molar-refractivity contribution >= 4 is 17.5 Å². The van der Waals surface area contributed by atoms with Gasteiger partial charge in [0.25, 0.3) is 0 Å². The molecule has 20 heavy (non-hydrogen) atoms. The van der Waals surface area contributed by atoms with Gasteiger partial charge in [0.05, 0.1) is 6.20 Å². The third-order valence-corrected chi connectivity index (χ3v) is 2.97. The maximum Gasteiger partial charge on any atom is 0.131 e. The number of benzene rings is 1. The molecule has 1 heterocycles. The van der Waals surface area contributed by atoms with E-state index in [1.54, 1.807) is 12.3 Å². The molecule has 1 aromatic carbocycles. The number of nitrogens with two attached hydrogens (primary N) is 1. The average molecular weight is 265 g/mol. The van der Waals surface area contributed by atoms with Gasteiger partial charge in [-0.15, -0.1) is 4.91 Å². The molecular formula is C16H15N3O. The number of allylic oxidation sites excluding steroid dienone is 1. The van der Waals surface area contributed by atoms with Gasteiger partial charge in [-0.3, -0.25) is 0 Å². The molecule has 4 heteroatoms. The average Bonchev–Trinajstić information content (AvgIpc) is 2.49. The monoisotopic (exact) mass is 265 g/mol. The van der Waals surface area contributed by atoms with Gasteiger partial charge in [-0.25, -0.2) is 4.98 Å². The first-order chi connectivity index (χ1) is 9.76. The van der Waals surface area contributed by atoms with Crippen LogP contribution < -0.4 is 5.73 Å². The lowest BCUT2D eigenvalue weighted by Gasteiger charge is -2.10. The van der Waals surface area contributed by atoms with Crippen molar-refractivity contribution in [3.63, 3.8) is 0 Å². The molecule has 0 aliphatic heterocycles. The maximum atomic E-state index is 10.1. The summed E-state index contributed by atoms with van der Waals surface area (Å²) >= 11 is 0. The highest BCUT2D eigenvalue weighted by Crippen LogP contribution is 2.26. The van der Waals surface area contributed by atoms with E-state index in [-0.39, 0.29) is 0 Å². The molecule has 0 aliphatic rings. The minimum Gasteiger partial charge on any atom is -0.383 e. The lowest BCUT2D eigenvalue weighted by Crippen LogP contribution is -1.97. The number of aromatic nitrogens is 1. The fourth-order valence-electron chi connectivity index (χ4n) is 2.01. The number of anilines is 1. The Bertz CT molecular complexity index is 658. The van der Waals surface area contributed by atoms with E-state index in [0.29, 0.717) is 5.82 Å². The molecule has 2 N–H and O–H groups in total. The number of nitrogen functional groups attached to an aromatic ring is 1. The summed E-state index contributed by atoms with van der Waals surface area (Å²) in [5.41, 5.74) is 9.82. The summed E-state index contributed by atoms with van der Waals surface area (Å²) in [6.07, 6.45) is 6.56. The second-order valence-electron chi connectivity index (χ2n) is 4.18. The number of rotatable bonds is 4. The van der Waals surface area contributed by atoms with Gasteiger partial charge >= 0.3 is 0 Å². The molecule has 2 aromatic rings. The summed E-state index contributed by atoms with van der Waals surface area (Å²) in [4.78, 5) is 14.2. The van der Waals surface area contributed by atoms with Crippen LogP contribution in [0, 0.1) is 4.91 Å². The number of nitrogens with zero attached hydrogens (tertiary/aromatic N) is 2. The standard InChI is InChI=1S/C16H15N3O/c1-2-14(15-4-3-10-18-16(15)17)13-7-5-12(6-8-13)9-11-19-20/h2-11H,1H3,(H2,17,18)/b11-9+,14-2+. The lowest BCUT2D eigenvalue weighted by molar-refractivity contribution is 1.31. The molecule has 0 saturated carbocycles. The Morgan fingerprint density at radius 1 is 1.25 bits per heavy atom. The van der Waals surface area contributed by atoms with Crippen LogP contribution in [0.4, 0.5) is 5.82 Å². The van der Waals surface area contributed by atoms with Crippen molar-refractivity contribution in [2.75, 3.05) is 5.73 Å². The zero-order chi connectivity index (χ0) is 14.4. The van der Waals surface area contributed by atoms with Gasteiger partial charge in [-0.05, 0) is 47.0 Å². The number of nitroso groups, excluding NO2 is 1. The Hall–Kier alpha value is -2.75. The second kappa shape index (κ2) is 6.43. The highest BCUT2D eigenvalue weighted by atomic mass is 16.2. The van der Waals surface area contributed by atoms with E-state index in [1.807, 2.05) is 49.4 Å². The Morgan fingerprint density at radius 3 is 2.60 bits per heavy atom. The van der Waals surface area contributed by atoms with Crippen LogP contribution in [0.3, 0.4) is 0 Å². The number of hydrogen-bond acceptors (Lipinski definition) is 4. The van der Waals surface area contributed by atoms with Crippen LogP contribution in [-0.2, 0) is 0 Å². The van der Waals surface area contributed by atoms with Crippen LogP contribution >= 0.6 is 0 Å². The SMILES string of the molecule is C/C=C(\c1ccc(/C=C/N=O)cc1)c1cccnc1N. The van der Waals surface area contributed by atoms with Crippen molar-refractivity contribution in [3.8, 4) is 0 Å². The van der Waals surface area contributed by atoms with E-state index in [0.717, 1.165) is 22.3 Å². The third kappa shape index (κ3) is 2.98. The molecule has 1 aromatic heterocycles. The molecule has 0 fully saturated rings. The van der Waals surface area contributed by atoms with E-state index in [1.165, 1.54) is 6.20 Å².